The normalized spacial score (nSPS) is 14.9. The molecule has 0 fully saturated rings. The summed E-state index contributed by atoms with van der Waals surface area (Å²) in [6.07, 6.45) is 0.0495. The van der Waals surface area contributed by atoms with Crippen molar-refractivity contribution in [3.8, 4) is 0 Å². The SMILES string of the molecule is COC(=O)c1ccc2[nH]c3c(c2c1)CN(C(=O)[C@@H](C)NC(=O)OC(C)(C)C)CC3. The highest BCUT2D eigenvalue weighted by molar-refractivity contribution is 5.96. The lowest BCUT2D eigenvalue weighted by atomic mass is 10.0. The van der Waals surface area contributed by atoms with E-state index in [9.17, 15) is 14.4 Å². The molecule has 0 saturated carbocycles. The number of nitrogens with one attached hydrogen (secondary N) is 2. The zero-order chi connectivity index (χ0) is 21.3. The fourth-order valence-corrected chi connectivity index (χ4v) is 3.47. The molecule has 2 aromatic rings. The summed E-state index contributed by atoms with van der Waals surface area (Å²) in [7, 11) is 1.35. The van der Waals surface area contributed by atoms with E-state index in [0.717, 1.165) is 22.2 Å². The lowest BCUT2D eigenvalue weighted by Crippen LogP contribution is -2.49. The molecule has 0 aliphatic carbocycles. The molecule has 8 heteroatoms. The van der Waals surface area contributed by atoms with Crippen molar-refractivity contribution < 1.29 is 23.9 Å². The van der Waals surface area contributed by atoms with Gasteiger partial charge in [0.05, 0.1) is 12.7 Å². The summed E-state index contributed by atoms with van der Waals surface area (Å²) in [6.45, 7) is 7.90. The van der Waals surface area contributed by atoms with Crippen molar-refractivity contribution in [3.63, 3.8) is 0 Å². The highest BCUT2D eigenvalue weighted by Gasteiger charge is 2.29. The van der Waals surface area contributed by atoms with Gasteiger partial charge in [-0.1, -0.05) is 0 Å². The molecule has 3 rings (SSSR count). The van der Waals surface area contributed by atoms with E-state index in [1.165, 1.54) is 7.11 Å². The molecule has 2 N–H and O–H groups in total. The highest BCUT2D eigenvalue weighted by atomic mass is 16.6. The van der Waals surface area contributed by atoms with Gasteiger partial charge in [0.2, 0.25) is 5.91 Å². The summed E-state index contributed by atoms with van der Waals surface area (Å²) >= 11 is 0. The number of aromatic amines is 1. The topological polar surface area (TPSA) is 101 Å². The second kappa shape index (κ2) is 7.77. The molecule has 156 valence electrons. The van der Waals surface area contributed by atoms with Gasteiger partial charge in [-0.25, -0.2) is 9.59 Å². The Hall–Kier alpha value is -3.03. The monoisotopic (exact) mass is 401 g/mol. The van der Waals surface area contributed by atoms with Crippen molar-refractivity contribution >= 4 is 28.9 Å². The number of hydrogen-bond acceptors (Lipinski definition) is 5. The number of aromatic nitrogens is 1. The van der Waals surface area contributed by atoms with Crippen LogP contribution in [-0.2, 0) is 27.2 Å². The summed E-state index contributed by atoms with van der Waals surface area (Å²) in [5.74, 6) is -0.583. The molecule has 1 aromatic heterocycles. The van der Waals surface area contributed by atoms with Gasteiger partial charge in [0.15, 0.2) is 0 Å². The summed E-state index contributed by atoms with van der Waals surface area (Å²) < 4.78 is 10.0. The molecule has 0 bridgehead atoms. The van der Waals surface area contributed by atoms with Gasteiger partial charge >= 0.3 is 12.1 Å². The molecule has 0 saturated heterocycles. The summed E-state index contributed by atoms with van der Waals surface area (Å²) in [5, 5.41) is 3.50. The first-order valence-corrected chi connectivity index (χ1v) is 9.59. The maximum absolute atomic E-state index is 12.9. The minimum Gasteiger partial charge on any atom is -0.465 e. The van der Waals surface area contributed by atoms with Gasteiger partial charge in [0.1, 0.15) is 11.6 Å². The van der Waals surface area contributed by atoms with Crippen LogP contribution in [0.5, 0.6) is 0 Å². The fraction of sp³-hybridized carbons (Fsp3) is 0.476. The molecular formula is C21H27N3O5. The number of esters is 1. The van der Waals surface area contributed by atoms with Crippen LogP contribution in [0.15, 0.2) is 18.2 Å². The number of carbonyl (C=O) groups is 3. The van der Waals surface area contributed by atoms with Gasteiger partial charge in [-0.05, 0) is 45.9 Å². The van der Waals surface area contributed by atoms with Gasteiger partial charge in [0.25, 0.3) is 0 Å². The standard InChI is InChI=1S/C21H27N3O5/c1-12(22-20(27)29-21(2,3)4)18(25)24-9-8-17-15(11-24)14-10-13(19(26)28-5)6-7-16(14)23-17/h6-7,10,12,23H,8-9,11H2,1-5H3,(H,22,27)/t12-/m1/s1. The Labute approximate surface area is 169 Å². The van der Waals surface area contributed by atoms with E-state index in [1.807, 2.05) is 6.07 Å². The zero-order valence-corrected chi connectivity index (χ0v) is 17.4. The Bertz CT molecular complexity index is 957. The van der Waals surface area contributed by atoms with Gasteiger partial charge < -0.3 is 24.7 Å². The molecule has 1 aliphatic heterocycles. The molecule has 2 amide bonds. The first kappa shape index (κ1) is 20.7. The smallest absolute Gasteiger partial charge is 0.408 e. The van der Waals surface area contributed by atoms with Crippen LogP contribution in [0.4, 0.5) is 4.79 Å². The van der Waals surface area contributed by atoms with Crippen LogP contribution in [0.1, 0.15) is 49.3 Å². The lowest BCUT2D eigenvalue weighted by Gasteiger charge is -2.30. The quantitative estimate of drug-likeness (QED) is 0.770. The molecule has 2 heterocycles. The van der Waals surface area contributed by atoms with Gasteiger partial charge in [-0.15, -0.1) is 0 Å². The second-order valence-electron chi connectivity index (χ2n) is 8.21. The molecule has 29 heavy (non-hydrogen) atoms. The minimum atomic E-state index is -0.706. The Kier molecular flexibility index (Phi) is 5.55. The first-order chi connectivity index (χ1) is 13.6. The number of rotatable bonds is 3. The van der Waals surface area contributed by atoms with Crippen LogP contribution in [-0.4, -0.2) is 53.2 Å². The maximum atomic E-state index is 12.9. The molecule has 1 atom stereocenters. The third kappa shape index (κ3) is 4.52. The Balaban J connectivity index is 1.76. The first-order valence-electron chi connectivity index (χ1n) is 9.59. The second-order valence-corrected chi connectivity index (χ2v) is 8.21. The highest BCUT2D eigenvalue weighted by Crippen LogP contribution is 2.29. The van der Waals surface area contributed by atoms with Gasteiger partial charge in [-0.2, -0.15) is 0 Å². The van der Waals surface area contributed by atoms with Crippen molar-refractivity contribution in [2.45, 2.75) is 52.3 Å². The predicted molar refractivity (Wildman–Crippen MR) is 108 cm³/mol. The Morgan fingerprint density at radius 1 is 1.24 bits per heavy atom. The van der Waals surface area contributed by atoms with Crippen LogP contribution in [0, 0.1) is 0 Å². The number of methoxy groups -OCH3 is 1. The van der Waals surface area contributed by atoms with E-state index in [4.69, 9.17) is 9.47 Å². The number of amides is 2. The van der Waals surface area contributed by atoms with Gasteiger partial charge in [0, 0.05) is 41.7 Å². The summed E-state index contributed by atoms with van der Waals surface area (Å²) in [5.41, 5.74) is 2.78. The molecule has 1 aromatic carbocycles. The van der Waals surface area contributed by atoms with E-state index in [1.54, 1.807) is 44.7 Å². The van der Waals surface area contributed by atoms with E-state index >= 15 is 0 Å². The molecular weight excluding hydrogens is 374 g/mol. The lowest BCUT2D eigenvalue weighted by molar-refractivity contribution is -0.134. The molecule has 1 aliphatic rings. The van der Waals surface area contributed by atoms with Crippen LogP contribution in [0.2, 0.25) is 0 Å². The third-order valence-corrected chi connectivity index (χ3v) is 4.81. The maximum Gasteiger partial charge on any atom is 0.408 e. The molecule has 8 nitrogen and oxygen atoms in total. The van der Waals surface area contributed by atoms with Crippen LogP contribution in [0.25, 0.3) is 10.9 Å². The van der Waals surface area contributed by atoms with Crippen molar-refractivity contribution in [1.29, 1.82) is 0 Å². The molecule has 0 unspecified atom stereocenters. The number of carbonyl (C=O) groups excluding carboxylic acids is 3. The van der Waals surface area contributed by atoms with Crippen molar-refractivity contribution in [2.75, 3.05) is 13.7 Å². The van der Waals surface area contributed by atoms with Crippen LogP contribution >= 0.6 is 0 Å². The number of hydrogen-bond donors (Lipinski definition) is 2. The number of alkyl carbamates (subject to hydrolysis) is 1. The Morgan fingerprint density at radius 2 is 1.97 bits per heavy atom. The summed E-state index contributed by atoms with van der Waals surface area (Å²) in [6, 6.07) is 4.64. The predicted octanol–water partition coefficient (Wildman–Crippen LogP) is 2.75. The molecule has 0 spiro atoms. The third-order valence-electron chi connectivity index (χ3n) is 4.81. The number of benzene rings is 1. The fourth-order valence-electron chi connectivity index (χ4n) is 3.47. The number of H-pyrrole nitrogens is 1. The van der Waals surface area contributed by atoms with Crippen molar-refractivity contribution in [2.24, 2.45) is 0 Å². The summed E-state index contributed by atoms with van der Waals surface area (Å²) in [4.78, 5) is 41.8. The largest absolute Gasteiger partial charge is 0.465 e. The zero-order valence-electron chi connectivity index (χ0n) is 17.4. The van der Waals surface area contributed by atoms with Crippen LogP contribution < -0.4 is 5.32 Å². The average Bonchev–Trinajstić information content (AvgIpc) is 3.02. The minimum absolute atomic E-state index is 0.181. The number of nitrogens with zero attached hydrogens (tertiary/aromatic N) is 1. The van der Waals surface area contributed by atoms with Crippen LogP contribution in [0.3, 0.4) is 0 Å². The van der Waals surface area contributed by atoms with E-state index < -0.39 is 23.7 Å². The van der Waals surface area contributed by atoms with Gasteiger partial charge in [-0.3, -0.25) is 4.79 Å². The van der Waals surface area contributed by atoms with Crippen molar-refractivity contribution in [1.82, 2.24) is 15.2 Å². The number of ether oxygens (including phenoxy) is 2. The average molecular weight is 401 g/mol. The van der Waals surface area contributed by atoms with E-state index in [0.29, 0.717) is 25.1 Å². The Morgan fingerprint density at radius 3 is 2.62 bits per heavy atom. The van der Waals surface area contributed by atoms with Crippen molar-refractivity contribution in [3.05, 3.63) is 35.0 Å². The van der Waals surface area contributed by atoms with E-state index in [-0.39, 0.29) is 5.91 Å². The van der Waals surface area contributed by atoms with E-state index in [2.05, 4.69) is 10.3 Å². The molecule has 0 radical (unpaired) electrons. The number of fused-ring (bicyclic) bond motifs is 3.